The van der Waals surface area contributed by atoms with E-state index in [2.05, 4.69) is 10.2 Å². The van der Waals surface area contributed by atoms with E-state index in [9.17, 15) is 17.2 Å². The van der Waals surface area contributed by atoms with Crippen LogP contribution >= 0.6 is 0 Å². The molecule has 0 bridgehead atoms. The second-order valence-corrected chi connectivity index (χ2v) is 6.25. The number of rotatable bonds is 4. The Hall–Kier alpha value is -1.80. The van der Waals surface area contributed by atoms with Crippen molar-refractivity contribution in [3.8, 4) is 0 Å². The van der Waals surface area contributed by atoms with Gasteiger partial charge >= 0.3 is 0 Å². The van der Waals surface area contributed by atoms with E-state index in [-0.39, 0.29) is 10.6 Å². The maximum Gasteiger partial charge on any atom is 0.260 e. The summed E-state index contributed by atoms with van der Waals surface area (Å²) in [5, 5.41) is 5.81. The van der Waals surface area contributed by atoms with Crippen LogP contribution in [0.3, 0.4) is 0 Å². The first-order valence-electron chi connectivity index (χ1n) is 5.76. The number of aromatic nitrogens is 2. The molecule has 20 heavy (non-hydrogen) atoms. The van der Waals surface area contributed by atoms with Crippen LogP contribution in [0.15, 0.2) is 35.5 Å². The third kappa shape index (κ3) is 2.56. The average Bonchev–Trinajstić information content (AvgIpc) is 2.94. The molecule has 0 radical (unpaired) electrons. The molecule has 1 heterocycles. The van der Waals surface area contributed by atoms with Crippen LogP contribution in [0.4, 0.5) is 8.78 Å². The summed E-state index contributed by atoms with van der Waals surface area (Å²) in [6, 6.07) is 3.37. The highest BCUT2D eigenvalue weighted by molar-refractivity contribution is 7.89. The number of sulfonamides is 1. The number of hydrogen-bond acceptors (Lipinski definition) is 3. The van der Waals surface area contributed by atoms with Crippen molar-refractivity contribution in [2.24, 2.45) is 0 Å². The molecule has 0 aliphatic heterocycles. The lowest BCUT2D eigenvalue weighted by Gasteiger charge is -2.24. The van der Waals surface area contributed by atoms with Gasteiger partial charge in [0, 0.05) is 18.7 Å². The van der Waals surface area contributed by atoms with Gasteiger partial charge in [0.2, 0.25) is 0 Å². The van der Waals surface area contributed by atoms with Gasteiger partial charge in [-0.15, -0.1) is 0 Å². The summed E-state index contributed by atoms with van der Waals surface area (Å²) in [6.45, 7) is 1.48. The number of H-pyrrole nitrogens is 1. The minimum Gasteiger partial charge on any atom is -0.266 e. The molecule has 0 amide bonds. The molecule has 0 fully saturated rings. The third-order valence-corrected chi connectivity index (χ3v) is 4.94. The number of nitrogens with one attached hydrogen (secondary N) is 1. The molecule has 2 rings (SSSR count). The third-order valence-electron chi connectivity index (χ3n) is 3.09. The van der Waals surface area contributed by atoms with Crippen molar-refractivity contribution >= 4 is 10.0 Å². The summed E-state index contributed by atoms with van der Waals surface area (Å²) >= 11 is 0. The van der Waals surface area contributed by atoms with E-state index >= 15 is 0 Å². The van der Waals surface area contributed by atoms with Crippen LogP contribution in [0.5, 0.6) is 0 Å². The molecular weight excluding hydrogens is 288 g/mol. The number of nitrogens with zero attached hydrogens (tertiary/aromatic N) is 2. The molecule has 108 valence electrons. The maximum absolute atomic E-state index is 13.7. The van der Waals surface area contributed by atoms with Crippen molar-refractivity contribution in [2.75, 3.05) is 7.05 Å². The Kier molecular flexibility index (Phi) is 3.87. The van der Waals surface area contributed by atoms with E-state index < -0.39 is 27.7 Å². The van der Waals surface area contributed by atoms with Crippen LogP contribution in [0, 0.1) is 11.6 Å². The molecule has 0 saturated carbocycles. The van der Waals surface area contributed by atoms with Gasteiger partial charge in [-0.25, -0.2) is 17.2 Å². The van der Waals surface area contributed by atoms with E-state index in [0.29, 0.717) is 0 Å². The van der Waals surface area contributed by atoms with E-state index in [1.54, 1.807) is 0 Å². The standard InChI is InChI=1S/C12H13F2N3O2S/c1-8(10-7-9(13)3-4-11(10)14)17(2)20(18,19)12-5-6-15-16-12/h3-8H,1-2H3,(H,15,16). The van der Waals surface area contributed by atoms with Gasteiger partial charge in [0.05, 0.1) is 6.20 Å². The average molecular weight is 301 g/mol. The summed E-state index contributed by atoms with van der Waals surface area (Å²) in [5.41, 5.74) is -0.0319. The first-order chi connectivity index (χ1) is 9.34. The molecule has 5 nitrogen and oxygen atoms in total. The summed E-state index contributed by atoms with van der Waals surface area (Å²) in [7, 11) is -2.55. The van der Waals surface area contributed by atoms with E-state index in [1.807, 2.05) is 0 Å². The highest BCUT2D eigenvalue weighted by Crippen LogP contribution is 2.27. The monoisotopic (exact) mass is 301 g/mol. The van der Waals surface area contributed by atoms with Crippen molar-refractivity contribution in [3.63, 3.8) is 0 Å². The van der Waals surface area contributed by atoms with Crippen molar-refractivity contribution in [1.82, 2.24) is 14.5 Å². The molecular formula is C12H13F2N3O2S. The van der Waals surface area contributed by atoms with Gasteiger partial charge in [-0.05, 0) is 31.2 Å². The second kappa shape index (κ2) is 5.29. The van der Waals surface area contributed by atoms with Gasteiger partial charge in [-0.2, -0.15) is 9.40 Å². The van der Waals surface area contributed by atoms with Crippen LogP contribution in [0.25, 0.3) is 0 Å². The van der Waals surface area contributed by atoms with E-state index in [1.165, 1.54) is 26.2 Å². The lowest BCUT2D eigenvalue weighted by Crippen LogP contribution is -2.30. The first-order valence-corrected chi connectivity index (χ1v) is 7.20. The van der Waals surface area contributed by atoms with E-state index in [4.69, 9.17) is 0 Å². The summed E-state index contributed by atoms with van der Waals surface area (Å²) in [5.74, 6) is -1.29. The zero-order valence-electron chi connectivity index (χ0n) is 10.8. The molecule has 0 aliphatic rings. The Balaban J connectivity index is 2.38. The van der Waals surface area contributed by atoms with E-state index in [0.717, 1.165) is 22.5 Å². The number of hydrogen-bond donors (Lipinski definition) is 1. The Morgan fingerprint density at radius 3 is 2.60 bits per heavy atom. The minimum atomic E-state index is -3.85. The Labute approximate surface area is 115 Å². The zero-order valence-corrected chi connectivity index (χ0v) is 11.7. The zero-order chi connectivity index (χ0) is 14.9. The molecule has 1 atom stereocenters. The predicted molar refractivity (Wildman–Crippen MR) is 68.3 cm³/mol. The topological polar surface area (TPSA) is 66.1 Å². The largest absolute Gasteiger partial charge is 0.266 e. The van der Waals surface area contributed by atoms with Crippen LogP contribution in [-0.4, -0.2) is 30.0 Å². The van der Waals surface area contributed by atoms with Gasteiger partial charge in [0.25, 0.3) is 10.0 Å². The van der Waals surface area contributed by atoms with Crippen molar-refractivity contribution in [3.05, 3.63) is 47.7 Å². The van der Waals surface area contributed by atoms with Gasteiger partial charge in [0.15, 0.2) is 5.03 Å². The lowest BCUT2D eigenvalue weighted by atomic mass is 10.1. The molecule has 0 aliphatic carbocycles. The van der Waals surface area contributed by atoms with Crippen LogP contribution in [0.2, 0.25) is 0 Å². The Morgan fingerprint density at radius 1 is 1.30 bits per heavy atom. The molecule has 1 aromatic carbocycles. The first kappa shape index (κ1) is 14.6. The normalized spacial score (nSPS) is 13.7. The fourth-order valence-corrected chi connectivity index (χ4v) is 3.02. The smallest absolute Gasteiger partial charge is 0.260 e. The minimum absolute atomic E-state index is 0.0319. The molecule has 0 spiro atoms. The lowest BCUT2D eigenvalue weighted by molar-refractivity contribution is 0.384. The van der Waals surface area contributed by atoms with Gasteiger partial charge in [-0.3, -0.25) is 5.10 Å². The quantitative estimate of drug-likeness (QED) is 0.940. The van der Waals surface area contributed by atoms with Gasteiger partial charge in [-0.1, -0.05) is 0 Å². The Morgan fingerprint density at radius 2 is 2.00 bits per heavy atom. The fourth-order valence-electron chi connectivity index (χ4n) is 1.78. The summed E-state index contributed by atoms with van der Waals surface area (Å²) in [6.07, 6.45) is 1.30. The van der Waals surface area contributed by atoms with Crippen molar-refractivity contribution in [1.29, 1.82) is 0 Å². The highest BCUT2D eigenvalue weighted by atomic mass is 32.2. The van der Waals surface area contributed by atoms with Crippen LogP contribution in [-0.2, 0) is 10.0 Å². The molecule has 0 saturated heterocycles. The second-order valence-electron chi connectivity index (χ2n) is 4.28. The summed E-state index contributed by atoms with van der Waals surface area (Å²) in [4.78, 5) is 0. The molecule has 1 aromatic heterocycles. The molecule has 1 unspecified atom stereocenters. The molecule has 1 N–H and O–H groups in total. The maximum atomic E-state index is 13.7. The van der Waals surface area contributed by atoms with Gasteiger partial charge < -0.3 is 0 Å². The number of aromatic amines is 1. The van der Waals surface area contributed by atoms with Gasteiger partial charge in [0.1, 0.15) is 11.6 Å². The van der Waals surface area contributed by atoms with Crippen molar-refractivity contribution < 1.29 is 17.2 Å². The molecule has 2 aromatic rings. The van der Waals surface area contributed by atoms with Crippen molar-refractivity contribution in [2.45, 2.75) is 18.0 Å². The predicted octanol–water partition coefficient (Wildman–Crippen LogP) is 2.07. The molecule has 8 heteroatoms. The SMILES string of the molecule is CC(c1cc(F)ccc1F)N(C)S(=O)(=O)c1ccn[nH]1. The highest BCUT2D eigenvalue weighted by Gasteiger charge is 2.29. The van der Waals surface area contributed by atoms with Crippen LogP contribution in [0.1, 0.15) is 18.5 Å². The fraction of sp³-hybridized carbons (Fsp3) is 0.250. The summed E-state index contributed by atoms with van der Waals surface area (Å²) < 4.78 is 52.3. The van der Waals surface area contributed by atoms with Crippen LogP contribution < -0.4 is 0 Å². The number of halogens is 2. The Bertz CT molecular complexity index is 701. The number of benzene rings is 1.